The Bertz CT molecular complexity index is 506. The fraction of sp³-hybridized carbons (Fsp3) is 0.417. The van der Waals surface area contributed by atoms with E-state index < -0.39 is 24.5 Å². The van der Waals surface area contributed by atoms with Gasteiger partial charge in [-0.1, -0.05) is 0 Å². The summed E-state index contributed by atoms with van der Waals surface area (Å²) in [5, 5.41) is 11.3. The SMILES string of the molecule is COC(=O)C(CO)NC(=O)c1cc(C(C)=O)cn1C. The Balaban J connectivity index is 2.88. The molecule has 1 rings (SSSR count). The summed E-state index contributed by atoms with van der Waals surface area (Å²) in [5.41, 5.74) is 0.610. The lowest BCUT2D eigenvalue weighted by Crippen LogP contribution is -2.44. The van der Waals surface area contributed by atoms with Gasteiger partial charge in [-0.25, -0.2) is 4.79 Å². The lowest BCUT2D eigenvalue weighted by molar-refractivity contribution is -0.143. The number of aliphatic hydroxyl groups is 1. The predicted octanol–water partition coefficient (Wildman–Crippen LogP) is -0.509. The number of carbonyl (C=O) groups is 3. The largest absolute Gasteiger partial charge is 0.467 e. The molecule has 1 atom stereocenters. The Labute approximate surface area is 110 Å². The van der Waals surface area contributed by atoms with Crippen molar-refractivity contribution in [3.8, 4) is 0 Å². The van der Waals surface area contributed by atoms with Crippen LogP contribution < -0.4 is 5.32 Å². The number of ketones is 1. The van der Waals surface area contributed by atoms with Crippen molar-refractivity contribution in [1.82, 2.24) is 9.88 Å². The van der Waals surface area contributed by atoms with Gasteiger partial charge in [-0.2, -0.15) is 0 Å². The van der Waals surface area contributed by atoms with Gasteiger partial charge in [0.1, 0.15) is 5.69 Å². The van der Waals surface area contributed by atoms with E-state index in [1.165, 1.54) is 23.8 Å². The lowest BCUT2D eigenvalue weighted by atomic mass is 10.2. The van der Waals surface area contributed by atoms with Crippen molar-refractivity contribution in [3.63, 3.8) is 0 Å². The van der Waals surface area contributed by atoms with Crippen molar-refractivity contribution in [2.24, 2.45) is 7.05 Å². The number of methoxy groups -OCH3 is 1. The predicted molar refractivity (Wildman–Crippen MR) is 65.8 cm³/mol. The van der Waals surface area contributed by atoms with Crippen LogP contribution in [0.2, 0.25) is 0 Å². The highest BCUT2D eigenvalue weighted by Gasteiger charge is 2.23. The number of amides is 1. The van der Waals surface area contributed by atoms with Crippen LogP contribution in [0.3, 0.4) is 0 Å². The van der Waals surface area contributed by atoms with Crippen molar-refractivity contribution in [2.75, 3.05) is 13.7 Å². The molecule has 0 aliphatic carbocycles. The fourth-order valence-electron chi connectivity index (χ4n) is 1.54. The summed E-state index contributed by atoms with van der Waals surface area (Å²) in [6, 6.07) is 0.289. The number of hydrogen-bond donors (Lipinski definition) is 2. The van der Waals surface area contributed by atoms with Crippen LogP contribution in [0, 0.1) is 0 Å². The Morgan fingerprint density at radius 2 is 2.11 bits per heavy atom. The Morgan fingerprint density at radius 1 is 1.47 bits per heavy atom. The molecule has 7 nitrogen and oxygen atoms in total. The monoisotopic (exact) mass is 268 g/mol. The minimum atomic E-state index is -1.13. The zero-order valence-electron chi connectivity index (χ0n) is 11.0. The molecule has 1 amide bonds. The van der Waals surface area contributed by atoms with E-state index in [1.807, 2.05) is 0 Å². The van der Waals surface area contributed by atoms with Crippen LogP contribution in [-0.2, 0) is 16.6 Å². The lowest BCUT2D eigenvalue weighted by Gasteiger charge is -2.13. The molecule has 0 spiro atoms. The van der Waals surface area contributed by atoms with Gasteiger partial charge in [0.15, 0.2) is 11.8 Å². The minimum Gasteiger partial charge on any atom is -0.467 e. The molecule has 1 heterocycles. The molecule has 1 aromatic heterocycles. The zero-order chi connectivity index (χ0) is 14.6. The van der Waals surface area contributed by atoms with E-state index in [1.54, 1.807) is 7.05 Å². The summed E-state index contributed by atoms with van der Waals surface area (Å²) in [6.07, 6.45) is 1.52. The maximum absolute atomic E-state index is 11.9. The maximum atomic E-state index is 11.9. The summed E-state index contributed by atoms with van der Waals surface area (Å²) in [5.74, 6) is -1.47. The fourth-order valence-corrected chi connectivity index (χ4v) is 1.54. The summed E-state index contributed by atoms with van der Waals surface area (Å²) in [4.78, 5) is 34.4. The highest BCUT2D eigenvalue weighted by atomic mass is 16.5. The smallest absolute Gasteiger partial charge is 0.330 e. The van der Waals surface area contributed by atoms with E-state index >= 15 is 0 Å². The number of aliphatic hydroxyl groups excluding tert-OH is 1. The van der Waals surface area contributed by atoms with E-state index in [-0.39, 0.29) is 11.5 Å². The van der Waals surface area contributed by atoms with Crippen molar-refractivity contribution in [1.29, 1.82) is 0 Å². The first-order valence-electron chi connectivity index (χ1n) is 5.57. The first kappa shape index (κ1) is 14.9. The molecule has 1 aromatic rings. The van der Waals surface area contributed by atoms with Gasteiger partial charge in [-0.3, -0.25) is 9.59 Å². The molecule has 19 heavy (non-hydrogen) atoms. The molecule has 0 bridgehead atoms. The van der Waals surface area contributed by atoms with Gasteiger partial charge >= 0.3 is 5.97 Å². The summed E-state index contributed by atoms with van der Waals surface area (Å²) < 4.78 is 5.91. The van der Waals surface area contributed by atoms with Crippen molar-refractivity contribution in [2.45, 2.75) is 13.0 Å². The molecule has 0 aliphatic heterocycles. The van der Waals surface area contributed by atoms with Gasteiger partial charge in [0.05, 0.1) is 13.7 Å². The molecule has 2 N–H and O–H groups in total. The number of Topliss-reactive ketones (excluding diaryl/α,β-unsaturated/α-hetero) is 1. The number of aromatic nitrogens is 1. The Hall–Kier alpha value is -2.15. The second-order valence-corrected chi connectivity index (χ2v) is 4.01. The van der Waals surface area contributed by atoms with Gasteiger partial charge < -0.3 is 19.7 Å². The van der Waals surface area contributed by atoms with Crippen LogP contribution in [0.4, 0.5) is 0 Å². The normalized spacial score (nSPS) is 11.8. The van der Waals surface area contributed by atoms with Gasteiger partial charge in [0, 0.05) is 18.8 Å². The molecular weight excluding hydrogens is 252 g/mol. The number of nitrogens with zero attached hydrogens (tertiary/aromatic N) is 1. The standard InChI is InChI=1S/C12H16N2O5/c1-7(16)8-4-10(14(2)5-8)11(17)13-9(6-15)12(18)19-3/h4-5,9,15H,6H2,1-3H3,(H,13,17). The minimum absolute atomic E-state index is 0.165. The maximum Gasteiger partial charge on any atom is 0.330 e. The van der Waals surface area contributed by atoms with Crippen molar-refractivity contribution >= 4 is 17.7 Å². The first-order chi connectivity index (χ1) is 8.90. The van der Waals surface area contributed by atoms with Gasteiger partial charge in [0.25, 0.3) is 5.91 Å². The average molecular weight is 268 g/mol. The first-order valence-corrected chi connectivity index (χ1v) is 5.57. The van der Waals surface area contributed by atoms with Crippen molar-refractivity contribution in [3.05, 3.63) is 23.5 Å². The third kappa shape index (κ3) is 3.41. The molecular formula is C12H16N2O5. The number of aryl methyl sites for hydroxylation is 1. The van der Waals surface area contributed by atoms with E-state index in [2.05, 4.69) is 10.1 Å². The second kappa shape index (κ2) is 6.14. The zero-order valence-corrected chi connectivity index (χ0v) is 11.0. The number of nitrogens with one attached hydrogen (secondary N) is 1. The summed E-state index contributed by atoms with van der Waals surface area (Å²) in [7, 11) is 2.76. The quantitative estimate of drug-likeness (QED) is 0.554. The highest BCUT2D eigenvalue weighted by molar-refractivity contribution is 6.00. The van der Waals surface area contributed by atoms with Gasteiger partial charge in [0.2, 0.25) is 0 Å². The summed E-state index contributed by atoms with van der Waals surface area (Å²) >= 11 is 0. The number of rotatable bonds is 5. The molecule has 1 unspecified atom stereocenters. The van der Waals surface area contributed by atoms with Crippen LogP contribution in [0.1, 0.15) is 27.8 Å². The third-order valence-corrected chi connectivity index (χ3v) is 2.62. The topological polar surface area (TPSA) is 97.6 Å². The highest BCUT2D eigenvalue weighted by Crippen LogP contribution is 2.08. The van der Waals surface area contributed by atoms with Gasteiger partial charge in [-0.05, 0) is 13.0 Å². The van der Waals surface area contributed by atoms with Crippen LogP contribution in [0.25, 0.3) is 0 Å². The van der Waals surface area contributed by atoms with E-state index in [9.17, 15) is 14.4 Å². The number of carbonyl (C=O) groups excluding carboxylic acids is 3. The molecule has 0 radical (unpaired) electrons. The third-order valence-electron chi connectivity index (χ3n) is 2.62. The summed E-state index contributed by atoms with van der Waals surface area (Å²) in [6.45, 7) is 0.824. The van der Waals surface area contributed by atoms with Crippen LogP contribution >= 0.6 is 0 Å². The Kier molecular flexibility index (Phi) is 4.82. The van der Waals surface area contributed by atoms with Gasteiger partial charge in [-0.15, -0.1) is 0 Å². The molecule has 0 saturated heterocycles. The number of esters is 1. The molecule has 0 saturated carbocycles. The van der Waals surface area contributed by atoms with Crippen molar-refractivity contribution < 1.29 is 24.2 Å². The molecule has 0 fully saturated rings. The average Bonchev–Trinajstić information content (AvgIpc) is 2.77. The van der Waals surface area contributed by atoms with E-state index in [0.717, 1.165) is 7.11 Å². The van der Waals surface area contributed by atoms with Crippen LogP contribution in [0.5, 0.6) is 0 Å². The molecule has 7 heteroatoms. The molecule has 0 aliphatic rings. The molecule has 0 aromatic carbocycles. The van der Waals surface area contributed by atoms with E-state index in [0.29, 0.717) is 5.56 Å². The number of ether oxygens (including phenoxy) is 1. The second-order valence-electron chi connectivity index (χ2n) is 4.01. The molecule has 104 valence electrons. The van der Waals surface area contributed by atoms with Crippen LogP contribution in [0.15, 0.2) is 12.3 Å². The Morgan fingerprint density at radius 3 is 2.53 bits per heavy atom. The number of hydrogen-bond acceptors (Lipinski definition) is 5. The van der Waals surface area contributed by atoms with E-state index in [4.69, 9.17) is 5.11 Å². The van der Waals surface area contributed by atoms with Crippen LogP contribution in [-0.4, -0.2) is 47.1 Å².